The highest BCUT2D eigenvalue weighted by molar-refractivity contribution is 7.07. The van der Waals surface area contributed by atoms with E-state index in [2.05, 4.69) is 20.3 Å². The van der Waals surface area contributed by atoms with Crippen LogP contribution in [0.5, 0.6) is 0 Å². The molecule has 6 heteroatoms. The van der Waals surface area contributed by atoms with Crippen molar-refractivity contribution in [2.75, 3.05) is 5.32 Å². The molecule has 0 unspecified atom stereocenters. The van der Waals surface area contributed by atoms with Crippen LogP contribution in [0.3, 0.4) is 0 Å². The zero-order valence-corrected chi connectivity index (χ0v) is 10.4. The summed E-state index contributed by atoms with van der Waals surface area (Å²) in [6.07, 6.45) is 0. The molecule has 2 aromatic heterocycles. The molecule has 2 heterocycles. The molecule has 0 spiro atoms. The van der Waals surface area contributed by atoms with Gasteiger partial charge in [0.25, 0.3) is 5.91 Å². The van der Waals surface area contributed by atoms with Crippen LogP contribution >= 0.6 is 11.3 Å². The molecule has 0 fully saturated rings. The number of H-pyrrole nitrogens is 1. The largest absolute Gasteiger partial charge is 0.342 e. The minimum absolute atomic E-state index is 0.202. The number of nitrogens with zero attached hydrogens (tertiary/aromatic N) is 2. The molecule has 2 N–H and O–H groups in total. The quantitative estimate of drug-likeness (QED) is 0.742. The Kier molecular flexibility index (Phi) is 2.56. The van der Waals surface area contributed by atoms with E-state index in [9.17, 15) is 4.79 Å². The van der Waals surface area contributed by atoms with Gasteiger partial charge in [0.1, 0.15) is 11.5 Å². The zero-order chi connectivity index (χ0) is 12.5. The summed E-state index contributed by atoms with van der Waals surface area (Å²) >= 11 is 1.40. The number of aryl methyl sites for hydroxylation is 1. The molecule has 0 saturated heterocycles. The van der Waals surface area contributed by atoms with Crippen LogP contribution in [0.1, 0.15) is 16.3 Å². The van der Waals surface area contributed by atoms with E-state index in [0.29, 0.717) is 5.69 Å². The highest BCUT2D eigenvalue weighted by Gasteiger charge is 2.08. The van der Waals surface area contributed by atoms with Gasteiger partial charge in [0.15, 0.2) is 0 Å². The molecule has 1 aromatic carbocycles. The standard InChI is InChI=1S/C12H10N4OS/c1-7-14-9-3-2-8(4-10(9)15-7)16-12(17)11-5-18-6-13-11/h2-6H,1H3,(H,14,15)(H,16,17). The Hall–Kier alpha value is -2.21. The van der Waals surface area contributed by atoms with E-state index < -0.39 is 0 Å². The van der Waals surface area contributed by atoms with Crippen molar-refractivity contribution in [3.63, 3.8) is 0 Å². The minimum Gasteiger partial charge on any atom is -0.342 e. The lowest BCUT2D eigenvalue weighted by Crippen LogP contribution is -2.11. The molecule has 18 heavy (non-hydrogen) atoms. The highest BCUT2D eigenvalue weighted by atomic mass is 32.1. The summed E-state index contributed by atoms with van der Waals surface area (Å²) in [6.45, 7) is 1.90. The van der Waals surface area contributed by atoms with Gasteiger partial charge >= 0.3 is 0 Å². The number of fused-ring (bicyclic) bond motifs is 1. The average molecular weight is 258 g/mol. The van der Waals surface area contributed by atoms with Crippen LogP contribution in [-0.2, 0) is 0 Å². The fourth-order valence-corrected chi connectivity index (χ4v) is 2.27. The molecular weight excluding hydrogens is 248 g/mol. The Morgan fingerprint density at radius 3 is 3.11 bits per heavy atom. The van der Waals surface area contributed by atoms with Gasteiger partial charge in [-0.25, -0.2) is 9.97 Å². The smallest absolute Gasteiger partial charge is 0.275 e. The number of thiazole rings is 1. The molecule has 0 bridgehead atoms. The zero-order valence-electron chi connectivity index (χ0n) is 9.60. The van der Waals surface area contributed by atoms with Crippen LogP contribution in [0.25, 0.3) is 11.0 Å². The van der Waals surface area contributed by atoms with Crippen LogP contribution in [0, 0.1) is 6.92 Å². The van der Waals surface area contributed by atoms with E-state index in [1.165, 1.54) is 11.3 Å². The van der Waals surface area contributed by atoms with Gasteiger partial charge in [-0.2, -0.15) is 0 Å². The summed E-state index contributed by atoms with van der Waals surface area (Å²) in [4.78, 5) is 23.2. The molecular formula is C12H10N4OS. The van der Waals surface area contributed by atoms with Crippen molar-refractivity contribution < 1.29 is 4.79 Å². The fraction of sp³-hybridized carbons (Fsp3) is 0.0833. The summed E-state index contributed by atoms with van der Waals surface area (Å²) in [5, 5.41) is 4.52. The first-order valence-electron chi connectivity index (χ1n) is 5.38. The predicted molar refractivity (Wildman–Crippen MR) is 70.9 cm³/mol. The lowest BCUT2D eigenvalue weighted by molar-refractivity contribution is 0.102. The number of amides is 1. The number of hydrogen-bond acceptors (Lipinski definition) is 4. The molecule has 0 aliphatic heterocycles. The van der Waals surface area contributed by atoms with Gasteiger partial charge in [-0.1, -0.05) is 0 Å². The van der Waals surface area contributed by atoms with Crippen LogP contribution in [0.15, 0.2) is 29.1 Å². The molecule has 0 saturated carbocycles. The van der Waals surface area contributed by atoms with Gasteiger partial charge in [0.05, 0.1) is 16.5 Å². The molecule has 90 valence electrons. The Bertz CT molecular complexity index is 702. The monoisotopic (exact) mass is 258 g/mol. The van der Waals surface area contributed by atoms with Crippen molar-refractivity contribution in [3.8, 4) is 0 Å². The molecule has 0 radical (unpaired) electrons. The maximum Gasteiger partial charge on any atom is 0.275 e. The second-order valence-corrected chi connectivity index (χ2v) is 4.60. The number of imidazole rings is 1. The maximum absolute atomic E-state index is 11.8. The van der Waals surface area contributed by atoms with E-state index in [4.69, 9.17) is 0 Å². The summed E-state index contributed by atoms with van der Waals surface area (Å²) in [5.41, 5.74) is 4.59. The molecule has 3 aromatic rings. The summed E-state index contributed by atoms with van der Waals surface area (Å²) in [5.74, 6) is 0.653. The van der Waals surface area contributed by atoms with E-state index >= 15 is 0 Å². The molecule has 5 nitrogen and oxygen atoms in total. The van der Waals surface area contributed by atoms with Gasteiger partial charge in [-0.3, -0.25) is 4.79 Å². The molecule has 0 aliphatic rings. The van der Waals surface area contributed by atoms with Gasteiger partial charge in [0, 0.05) is 11.1 Å². The Morgan fingerprint density at radius 2 is 2.33 bits per heavy atom. The summed E-state index contributed by atoms with van der Waals surface area (Å²) in [7, 11) is 0. The van der Waals surface area contributed by atoms with Crippen molar-refractivity contribution in [1.82, 2.24) is 15.0 Å². The normalized spacial score (nSPS) is 10.7. The Labute approximate surface area is 107 Å². The topological polar surface area (TPSA) is 70.7 Å². The number of carbonyl (C=O) groups excluding carboxylic acids is 1. The van der Waals surface area contributed by atoms with Crippen molar-refractivity contribution in [2.24, 2.45) is 0 Å². The second-order valence-electron chi connectivity index (χ2n) is 3.88. The number of rotatable bonds is 2. The Morgan fingerprint density at radius 1 is 1.44 bits per heavy atom. The number of benzene rings is 1. The minimum atomic E-state index is -0.202. The van der Waals surface area contributed by atoms with Gasteiger partial charge < -0.3 is 10.3 Å². The average Bonchev–Trinajstić information content (AvgIpc) is 2.95. The van der Waals surface area contributed by atoms with Gasteiger partial charge in [-0.15, -0.1) is 11.3 Å². The van der Waals surface area contributed by atoms with Gasteiger partial charge in [-0.05, 0) is 25.1 Å². The number of nitrogens with one attached hydrogen (secondary N) is 2. The van der Waals surface area contributed by atoms with Crippen LogP contribution in [0.2, 0.25) is 0 Å². The van der Waals surface area contributed by atoms with Crippen molar-refractivity contribution >= 4 is 34.0 Å². The first kappa shape index (κ1) is 10.9. The van der Waals surface area contributed by atoms with E-state index in [1.54, 1.807) is 10.9 Å². The van der Waals surface area contributed by atoms with Crippen molar-refractivity contribution in [2.45, 2.75) is 6.92 Å². The number of hydrogen-bond donors (Lipinski definition) is 2. The highest BCUT2D eigenvalue weighted by Crippen LogP contribution is 2.17. The number of aromatic amines is 1. The third-order valence-corrected chi connectivity index (χ3v) is 3.11. The van der Waals surface area contributed by atoms with Crippen LogP contribution in [0.4, 0.5) is 5.69 Å². The first-order valence-corrected chi connectivity index (χ1v) is 6.32. The molecule has 1 amide bonds. The van der Waals surface area contributed by atoms with E-state index in [0.717, 1.165) is 22.5 Å². The first-order chi connectivity index (χ1) is 8.72. The number of carbonyl (C=O) groups is 1. The SMILES string of the molecule is Cc1nc2ccc(NC(=O)c3cscn3)cc2[nH]1. The second kappa shape index (κ2) is 4.23. The third kappa shape index (κ3) is 1.98. The van der Waals surface area contributed by atoms with E-state index in [-0.39, 0.29) is 5.91 Å². The maximum atomic E-state index is 11.8. The predicted octanol–water partition coefficient (Wildman–Crippen LogP) is 2.58. The Balaban J connectivity index is 1.88. The van der Waals surface area contributed by atoms with Crippen LogP contribution < -0.4 is 5.32 Å². The number of anilines is 1. The van der Waals surface area contributed by atoms with E-state index in [1.807, 2.05) is 25.1 Å². The van der Waals surface area contributed by atoms with Gasteiger partial charge in [0.2, 0.25) is 0 Å². The van der Waals surface area contributed by atoms with Crippen molar-refractivity contribution in [3.05, 3.63) is 40.6 Å². The lowest BCUT2D eigenvalue weighted by atomic mass is 10.2. The van der Waals surface area contributed by atoms with Crippen LogP contribution in [-0.4, -0.2) is 20.9 Å². The van der Waals surface area contributed by atoms with Crippen molar-refractivity contribution in [1.29, 1.82) is 0 Å². The summed E-state index contributed by atoms with van der Waals surface area (Å²) < 4.78 is 0. The molecule has 3 rings (SSSR count). The number of aromatic nitrogens is 3. The fourth-order valence-electron chi connectivity index (χ4n) is 1.73. The lowest BCUT2D eigenvalue weighted by Gasteiger charge is -2.02. The third-order valence-electron chi connectivity index (χ3n) is 2.52. The molecule has 0 aliphatic carbocycles. The molecule has 0 atom stereocenters. The summed E-state index contributed by atoms with van der Waals surface area (Å²) in [6, 6.07) is 5.56.